The molecule has 0 spiro atoms. The number of carbonyl (C=O) groups excluding carboxylic acids is 1. The fourth-order valence-electron chi connectivity index (χ4n) is 3.99. The summed E-state index contributed by atoms with van der Waals surface area (Å²) in [5.74, 6) is 0. The molecule has 2 aliphatic heterocycles. The van der Waals surface area contributed by atoms with Crippen molar-refractivity contribution in [2.75, 3.05) is 13.2 Å². The molecule has 132 valence electrons. The van der Waals surface area contributed by atoms with E-state index in [1.807, 2.05) is 25.7 Å². The Morgan fingerprint density at radius 1 is 1.28 bits per heavy atom. The number of hydrogen-bond acceptors (Lipinski definition) is 3. The summed E-state index contributed by atoms with van der Waals surface area (Å²) in [7, 11) is 0. The maximum Gasteiger partial charge on any atom is 0.411 e. The van der Waals surface area contributed by atoms with Crippen LogP contribution in [0, 0.1) is 0 Å². The van der Waals surface area contributed by atoms with Crippen molar-refractivity contribution in [3.63, 3.8) is 0 Å². The van der Waals surface area contributed by atoms with Crippen molar-refractivity contribution in [3.8, 4) is 0 Å². The highest BCUT2D eigenvalue weighted by Crippen LogP contribution is 2.37. The normalized spacial score (nSPS) is 24.8. The van der Waals surface area contributed by atoms with E-state index in [1.54, 1.807) is 0 Å². The SMILES string of the molecule is CC(C)(C)OC(=O)N1C2C=C(c3cccc4c3CC=C4)CC1COC2. The smallest absolute Gasteiger partial charge is 0.411 e. The monoisotopic (exact) mass is 339 g/mol. The van der Waals surface area contributed by atoms with Crippen molar-refractivity contribution >= 4 is 17.7 Å². The number of benzene rings is 1. The molecular formula is C21H25NO3. The highest BCUT2D eigenvalue weighted by atomic mass is 16.6. The zero-order valence-corrected chi connectivity index (χ0v) is 15.1. The molecule has 0 saturated carbocycles. The molecule has 1 amide bonds. The van der Waals surface area contributed by atoms with Crippen LogP contribution in [0.5, 0.6) is 0 Å². The molecule has 2 atom stereocenters. The molecule has 1 aromatic carbocycles. The molecule has 0 N–H and O–H groups in total. The molecule has 1 fully saturated rings. The van der Waals surface area contributed by atoms with Crippen LogP contribution in [-0.4, -0.2) is 41.9 Å². The Balaban J connectivity index is 1.64. The summed E-state index contributed by atoms with van der Waals surface area (Å²) in [4.78, 5) is 14.5. The number of fused-ring (bicyclic) bond motifs is 3. The Morgan fingerprint density at radius 3 is 2.88 bits per heavy atom. The molecule has 3 aliphatic rings. The Bertz CT molecular complexity index is 757. The van der Waals surface area contributed by atoms with Crippen LogP contribution in [0.25, 0.3) is 11.6 Å². The lowest BCUT2D eigenvalue weighted by atomic mass is 9.87. The molecule has 2 bridgehead atoms. The van der Waals surface area contributed by atoms with Crippen molar-refractivity contribution < 1.29 is 14.3 Å². The first-order chi connectivity index (χ1) is 11.9. The minimum Gasteiger partial charge on any atom is -0.444 e. The van der Waals surface area contributed by atoms with Gasteiger partial charge in [0, 0.05) is 0 Å². The van der Waals surface area contributed by atoms with Gasteiger partial charge in [0.15, 0.2) is 0 Å². The van der Waals surface area contributed by atoms with Crippen LogP contribution < -0.4 is 0 Å². The minimum atomic E-state index is -0.484. The van der Waals surface area contributed by atoms with E-state index in [0.29, 0.717) is 13.2 Å². The van der Waals surface area contributed by atoms with Crippen molar-refractivity contribution in [2.45, 2.75) is 51.3 Å². The largest absolute Gasteiger partial charge is 0.444 e. The molecule has 4 rings (SSSR count). The van der Waals surface area contributed by atoms with Gasteiger partial charge in [0.2, 0.25) is 0 Å². The molecule has 1 aromatic rings. The van der Waals surface area contributed by atoms with Crippen LogP contribution >= 0.6 is 0 Å². The summed E-state index contributed by atoms with van der Waals surface area (Å²) in [6, 6.07) is 6.48. The standard InChI is InChI=1S/C21H25NO3/c1-21(2,3)25-20(23)22-16-10-15(11-17(22)13-24-12-16)19-9-5-7-14-6-4-8-18(14)19/h4-7,9-10,16-17H,8,11-13H2,1-3H3. The fourth-order valence-corrected chi connectivity index (χ4v) is 3.99. The van der Waals surface area contributed by atoms with Gasteiger partial charge < -0.3 is 9.47 Å². The first kappa shape index (κ1) is 16.4. The van der Waals surface area contributed by atoms with Gasteiger partial charge in [-0.1, -0.05) is 36.4 Å². The van der Waals surface area contributed by atoms with Gasteiger partial charge in [-0.05, 0) is 55.9 Å². The number of rotatable bonds is 1. The highest BCUT2D eigenvalue weighted by molar-refractivity contribution is 5.78. The summed E-state index contributed by atoms with van der Waals surface area (Å²) in [5.41, 5.74) is 4.89. The first-order valence-corrected chi connectivity index (χ1v) is 9.01. The van der Waals surface area contributed by atoms with Gasteiger partial charge in [0.05, 0.1) is 25.3 Å². The summed E-state index contributed by atoms with van der Waals surface area (Å²) in [6.07, 6.45) is 8.18. The van der Waals surface area contributed by atoms with Crippen molar-refractivity contribution in [2.24, 2.45) is 0 Å². The molecule has 4 nitrogen and oxygen atoms in total. The van der Waals surface area contributed by atoms with Crippen LogP contribution in [0.1, 0.15) is 43.9 Å². The Kier molecular flexibility index (Phi) is 3.95. The topological polar surface area (TPSA) is 38.8 Å². The Labute approximate surface area is 149 Å². The van der Waals surface area contributed by atoms with E-state index in [9.17, 15) is 4.79 Å². The zero-order chi connectivity index (χ0) is 17.6. The molecule has 1 saturated heterocycles. The van der Waals surface area contributed by atoms with Crippen molar-refractivity contribution in [1.82, 2.24) is 4.90 Å². The second-order valence-corrected chi connectivity index (χ2v) is 8.02. The van der Waals surface area contributed by atoms with Gasteiger partial charge in [0.25, 0.3) is 0 Å². The Morgan fingerprint density at radius 2 is 2.12 bits per heavy atom. The van der Waals surface area contributed by atoms with Gasteiger partial charge in [-0.25, -0.2) is 4.79 Å². The van der Waals surface area contributed by atoms with E-state index < -0.39 is 5.60 Å². The third kappa shape index (κ3) is 3.11. The number of morpholine rings is 1. The zero-order valence-electron chi connectivity index (χ0n) is 15.1. The molecule has 2 unspecified atom stereocenters. The quantitative estimate of drug-likeness (QED) is 0.775. The second kappa shape index (κ2) is 6.03. The number of amides is 1. The molecule has 1 aliphatic carbocycles. The van der Waals surface area contributed by atoms with Crippen LogP contribution in [0.4, 0.5) is 4.79 Å². The summed E-state index contributed by atoms with van der Waals surface area (Å²) >= 11 is 0. The highest BCUT2D eigenvalue weighted by Gasteiger charge is 2.40. The Hall–Kier alpha value is -2.07. The lowest BCUT2D eigenvalue weighted by molar-refractivity contribution is -0.0510. The molecule has 25 heavy (non-hydrogen) atoms. The van der Waals surface area contributed by atoms with E-state index >= 15 is 0 Å². The van der Waals surface area contributed by atoms with E-state index in [4.69, 9.17) is 9.47 Å². The summed E-state index contributed by atoms with van der Waals surface area (Å²) in [5, 5.41) is 0. The van der Waals surface area contributed by atoms with Crippen LogP contribution in [-0.2, 0) is 15.9 Å². The van der Waals surface area contributed by atoms with Gasteiger partial charge in [-0.3, -0.25) is 4.90 Å². The van der Waals surface area contributed by atoms with Crippen molar-refractivity contribution in [3.05, 3.63) is 47.0 Å². The molecule has 0 aromatic heterocycles. The minimum absolute atomic E-state index is 0.0406. The molecule has 2 heterocycles. The van der Waals surface area contributed by atoms with E-state index in [2.05, 4.69) is 36.4 Å². The van der Waals surface area contributed by atoms with Crippen LogP contribution in [0.2, 0.25) is 0 Å². The van der Waals surface area contributed by atoms with Gasteiger partial charge in [-0.15, -0.1) is 0 Å². The van der Waals surface area contributed by atoms with Crippen LogP contribution in [0.3, 0.4) is 0 Å². The lowest BCUT2D eigenvalue weighted by Gasteiger charge is -2.44. The average molecular weight is 339 g/mol. The molecular weight excluding hydrogens is 314 g/mol. The van der Waals surface area contributed by atoms with Gasteiger partial charge in [0.1, 0.15) is 5.60 Å². The number of allylic oxidation sites excluding steroid dienone is 1. The van der Waals surface area contributed by atoms with Gasteiger partial charge in [-0.2, -0.15) is 0 Å². The maximum absolute atomic E-state index is 12.7. The molecule has 4 heteroatoms. The maximum atomic E-state index is 12.7. The third-order valence-electron chi connectivity index (χ3n) is 4.98. The average Bonchev–Trinajstić information content (AvgIpc) is 3.00. The van der Waals surface area contributed by atoms with E-state index in [0.717, 1.165) is 12.8 Å². The van der Waals surface area contributed by atoms with Crippen molar-refractivity contribution in [1.29, 1.82) is 0 Å². The van der Waals surface area contributed by atoms with E-state index in [-0.39, 0.29) is 18.2 Å². The van der Waals surface area contributed by atoms with Gasteiger partial charge >= 0.3 is 6.09 Å². The predicted octanol–water partition coefficient (Wildman–Crippen LogP) is 4.05. The second-order valence-electron chi connectivity index (χ2n) is 8.02. The number of carbonyl (C=O) groups is 1. The summed E-state index contributed by atoms with van der Waals surface area (Å²) in [6.45, 7) is 6.82. The number of nitrogens with zero attached hydrogens (tertiary/aromatic N) is 1. The lowest BCUT2D eigenvalue weighted by Crippen LogP contribution is -2.57. The molecule has 0 radical (unpaired) electrons. The third-order valence-corrected chi connectivity index (χ3v) is 4.98. The predicted molar refractivity (Wildman–Crippen MR) is 98.2 cm³/mol. The van der Waals surface area contributed by atoms with E-state index in [1.165, 1.54) is 22.3 Å². The number of ether oxygens (including phenoxy) is 2. The fraction of sp³-hybridized carbons (Fsp3) is 0.476. The number of hydrogen-bond donors (Lipinski definition) is 0. The van der Waals surface area contributed by atoms with Crippen LogP contribution in [0.15, 0.2) is 30.4 Å². The first-order valence-electron chi connectivity index (χ1n) is 9.01. The summed E-state index contributed by atoms with van der Waals surface area (Å²) < 4.78 is 11.3.